The van der Waals surface area contributed by atoms with Gasteiger partial charge in [-0.05, 0) is 50.5 Å². The Morgan fingerprint density at radius 1 is 1.06 bits per heavy atom. The normalized spacial score (nSPS) is 18.2. The summed E-state index contributed by atoms with van der Waals surface area (Å²) >= 11 is 0. The van der Waals surface area contributed by atoms with Gasteiger partial charge in [-0.2, -0.15) is 0 Å². The SMILES string of the molecule is Cc1cc2ccc(N3CCCN(C)CC3)cc2[nH]1. The molecule has 0 amide bonds. The van der Waals surface area contributed by atoms with Crippen molar-refractivity contribution >= 4 is 16.6 Å². The minimum Gasteiger partial charge on any atom is -0.370 e. The molecule has 1 aromatic heterocycles. The van der Waals surface area contributed by atoms with Crippen molar-refractivity contribution in [3.05, 3.63) is 30.0 Å². The van der Waals surface area contributed by atoms with Crippen LogP contribution >= 0.6 is 0 Å². The number of nitrogens with zero attached hydrogens (tertiary/aromatic N) is 2. The topological polar surface area (TPSA) is 22.3 Å². The van der Waals surface area contributed by atoms with E-state index >= 15 is 0 Å². The van der Waals surface area contributed by atoms with Crippen molar-refractivity contribution in [3.63, 3.8) is 0 Å². The number of H-pyrrole nitrogens is 1. The molecule has 1 N–H and O–H groups in total. The zero-order valence-corrected chi connectivity index (χ0v) is 11.2. The second-order valence-corrected chi connectivity index (χ2v) is 5.37. The van der Waals surface area contributed by atoms with Gasteiger partial charge in [-0.25, -0.2) is 0 Å². The van der Waals surface area contributed by atoms with Crippen LogP contribution in [-0.2, 0) is 0 Å². The minimum atomic E-state index is 1.13. The maximum Gasteiger partial charge on any atom is 0.0476 e. The van der Waals surface area contributed by atoms with Gasteiger partial charge < -0.3 is 14.8 Å². The molecule has 1 aromatic carbocycles. The van der Waals surface area contributed by atoms with Gasteiger partial charge in [0, 0.05) is 36.5 Å². The molecule has 0 atom stereocenters. The number of nitrogens with one attached hydrogen (secondary N) is 1. The summed E-state index contributed by atoms with van der Waals surface area (Å²) in [6, 6.07) is 8.96. The van der Waals surface area contributed by atoms with E-state index in [0.29, 0.717) is 0 Å². The summed E-state index contributed by atoms with van der Waals surface area (Å²) < 4.78 is 0. The molecule has 0 unspecified atom stereocenters. The largest absolute Gasteiger partial charge is 0.370 e. The van der Waals surface area contributed by atoms with Crippen molar-refractivity contribution < 1.29 is 0 Å². The lowest BCUT2D eigenvalue weighted by atomic mass is 10.2. The molecular weight excluding hydrogens is 222 g/mol. The third-order valence-corrected chi connectivity index (χ3v) is 3.83. The molecule has 0 radical (unpaired) electrons. The summed E-state index contributed by atoms with van der Waals surface area (Å²) in [6.07, 6.45) is 1.25. The molecule has 18 heavy (non-hydrogen) atoms. The highest BCUT2D eigenvalue weighted by atomic mass is 15.2. The molecule has 0 spiro atoms. The third-order valence-electron chi connectivity index (χ3n) is 3.83. The van der Waals surface area contributed by atoms with Gasteiger partial charge in [0.15, 0.2) is 0 Å². The van der Waals surface area contributed by atoms with E-state index in [1.165, 1.54) is 35.2 Å². The van der Waals surface area contributed by atoms with Gasteiger partial charge in [0.25, 0.3) is 0 Å². The van der Waals surface area contributed by atoms with Crippen LogP contribution in [0.1, 0.15) is 12.1 Å². The Labute approximate surface area is 108 Å². The predicted octanol–water partition coefficient (Wildman–Crippen LogP) is 2.62. The Bertz CT molecular complexity index is 544. The van der Waals surface area contributed by atoms with Crippen LogP contribution in [0.3, 0.4) is 0 Å². The lowest BCUT2D eigenvalue weighted by molar-refractivity contribution is 0.360. The highest BCUT2D eigenvalue weighted by Gasteiger charge is 2.13. The van der Waals surface area contributed by atoms with Crippen LogP contribution in [-0.4, -0.2) is 43.1 Å². The standard InChI is InChI=1S/C15H21N3/c1-12-10-13-4-5-14(11-15(13)16-12)18-7-3-6-17(2)8-9-18/h4-5,10-11,16H,3,6-9H2,1-2H3. The number of likely N-dealkylation sites (N-methyl/N-ethyl adjacent to an activating group) is 1. The van der Waals surface area contributed by atoms with E-state index in [9.17, 15) is 0 Å². The zero-order valence-electron chi connectivity index (χ0n) is 11.2. The third kappa shape index (κ3) is 2.23. The van der Waals surface area contributed by atoms with E-state index in [2.05, 4.69) is 53.0 Å². The molecule has 1 aliphatic heterocycles. The Balaban J connectivity index is 1.88. The summed E-state index contributed by atoms with van der Waals surface area (Å²) in [4.78, 5) is 8.34. The summed E-state index contributed by atoms with van der Waals surface area (Å²) in [7, 11) is 2.21. The molecule has 3 nitrogen and oxygen atoms in total. The van der Waals surface area contributed by atoms with Gasteiger partial charge in [0.05, 0.1) is 0 Å². The van der Waals surface area contributed by atoms with Gasteiger partial charge in [0.2, 0.25) is 0 Å². The Hall–Kier alpha value is -1.48. The molecular formula is C15H21N3. The lowest BCUT2D eigenvalue weighted by Crippen LogP contribution is -2.28. The molecule has 1 saturated heterocycles. The predicted molar refractivity (Wildman–Crippen MR) is 77.4 cm³/mol. The van der Waals surface area contributed by atoms with E-state index in [-0.39, 0.29) is 0 Å². The van der Waals surface area contributed by atoms with Crippen LogP contribution in [0.25, 0.3) is 10.9 Å². The first kappa shape index (κ1) is 11.6. The van der Waals surface area contributed by atoms with E-state index in [1.807, 2.05) is 0 Å². The number of aromatic amines is 1. The quantitative estimate of drug-likeness (QED) is 0.831. The van der Waals surface area contributed by atoms with Crippen molar-refractivity contribution in [2.75, 3.05) is 38.1 Å². The fourth-order valence-electron chi connectivity index (χ4n) is 2.76. The smallest absolute Gasteiger partial charge is 0.0476 e. The van der Waals surface area contributed by atoms with Crippen molar-refractivity contribution in [2.45, 2.75) is 13.3 Å². The minimum absolute atomic E-state index is 1.13. The van der Waals surface area contributed by atoms with Gasteiger partial charge in [0.1, 0.15) is 0 Å². The maximum atomic E-state index is 3.43. The van der Waals surface area contributed by atoms with Crippen LogP contribution in [0, 0.1) is 6.92 Å². The number of hydrogen-bond donors (Lipinski definition) is 1. The number of aromatic nitrogens is 1. The summed E-state index contributed by atoms with van der Waals surface area (Å²) in [6.45, 7) is 6.76. The van der Waals surface area contributed by atoms with Gasteiger partial charge in [-0.1, -0.05) is 6.07 Å². The lowest BCUT2D eigenvalue weighted by Gasteiger charge is -2.22. The fourth-order valence-corrected chi connectivity index (χ4v) is 2.76. The number of fused-ring (bicyclic) bond motifs is 1. The van der Waals surface area contributed by atoms with Gasteiger partial charge in [-0.15, -0.1) is 0 Å². The van der Waals surface area contributed by atoms with E-state index < -0.39 is 0 Å². The van der Waals surface area contributed by atoms with Crippen molar-refractivity contribution in [1.29, 1.82) is 0 Å². The van der Waals surface area contributed by atoms with Crippen molar-refractivity contribution in [2.24, 2.45) is 0 Å². The summed E-state index contributed by atoms with van der Waals surface area (Å²) in [5, 5.41) is 1.31. The van der Waals surface area contributed by atoms with E-state index in [1.54, 1.807) is 0 Å². The number of benzene rings is 1. The van der Waals surface area contributed by atoms with Crippen LogP contribution in [0.2, 0.25) is 0 Å². The number of anilines is 1. The van der Waals surface area contributed by atoms with Crippen LogP contribution < -0.4 is 4.90 Å². The first-order valence-electron chi connectivity index (χ1n) is 6.75. The Morgan fingerprint density at radius 3 is 2.83 bits per heavy atom. The molecule has 2 heterocycles. The monoisotopic (exact) mass is 243 g/mol. The van der Waals surface area contributed by atoms with Gasteiger partial charge in [-0.3, -0.25) is 0 Å². The average molecular weight is 243 g/mol. The summed E-state index contributed by atoms with van der Waals surface area (Å²) in [5.41, 5.74) is 3.83. The molecule has 96 valence electrons. The Kier molecular flexibility index (Phi) is 3.00. The van der Waals surface area contributed by atoms with E-state index in [4.69, 9.17) is 0 Å². The van der Waals surface area contributed by atoms with Crippen LogP contribution in [0.4, 0.5) is 5.69 Å². The van der Waals surface area contributed by atoms with Crippen LogP contribution in [0.5, 0.6) is 0 Å². The number of hydrogen-bond acceptors (Lipinski definition) is 2. The average Bonchev–Trinajstić information content (AvgIpc) is 2.58. The molecule has 0 bridgehead atoms. The second-order valence-electron chi connectivity index (χ2n) is 5.37. The molecule has 0 saturated carbocycles. The first-order chi connectivity index (χ1) is 8.72. The molecule has 2 aromatic rings. The zero-order chi connectivity index (χ0) is 12.5. The summed E-state index contributed by atoms with van der Waals surface area (Å²) in [5.74, 6) is 0. The Morgan fingerprint density at radius 2 is 1.94 bits per heavy atom. The highest BCUT2D eigenvalue weighted by Crippen LogP contribution is 2.23. The van der Waals surface area contributed by atoms with Crippen LogP contribution in [0.15, 0.2) is 24.3 Å². The fraction of sp³-hybridized carbons (Fsp3) is 0.467. The molecule has 1 fully saturated rings. The number of aryl methyl sites for hydroxylation is 1. The molecule has 0 aliphatic carbocycles. The second kappa shape index (κ2) is 4.65. The van der Waals surface area contributed by atoms with Crippen molar-refractivity contribution in [1.82, 2.24) is 9.88 Å². The number of rotatable bonds is 1. The first-order valence-corrected chi connectivity index (χ1v) is 6.75. The maximum absolute atomic E-state index is 3.43. The molecule has 3 rings (SSSR count). The van der Waals surface area contributed by atoms with Crippen molar-refractivity contribution in [3.8, 4) is 0 Å². The van der Waals surface area contributed by atoms with Gasteiger partial charge >= 0.3 is 0 Å². The van der Waals surface area contributed by atoms with E-state index in [0.717, 1.165) is 19.6 Å². The highest BCUT2D eigenvalue weighted by molar-refractivity contribution is 5.84. The molecule has 3 heteroatoms. The molecule has 1 aliphatic rings.